The Labute approximate surface area is 95.0 Å². The number of ether oxygens (including phenoxy) is 1. The Morgan fingerprint density at radius 3 is 3.06 bits per heavy atom. The Bertz CT molecular complexity index is 350. The van der Waals surface area contributed by atoms with Crippen molar-refractivity contribution in [3.63, 3.8) is 0 Å². The predicted octanol–water partition coefficient (Wildman–Crippen LogP) is 1.63. The van der Waals surface area contributed by atoms with Crippen molar-refractivity contribution in [2.45, 2.75) is 19.6 Å². The molecule has 2 N–H and O–H groups in total. The average Bonchev–Trinajstić information content (AvgIpc) is 2.24. The largest absolute Gasteiger partial charge is 0.398 e. The summed E-state index contributed by atoms with van der Waals surface area (Å²) < 4.78 is 19.0. The molecule has 0 aromatic heterocycles. The van der Waals surface area contributed by atoms with Gasteiger partial charge in [-0.3, -0.25) is 4.90 Å². The Morgan fingerprint density at radius 2 is 2.38 bits per heavy atom. The van der Waals surface area contributed by atoms with Gasteiger partial charge >= 0.3 is 0 Å². The van der Waals surface area contributed by atoms with Crippen LogP contribution >= 0.6 is 0 Å². The zero-order chi connectivity index (χ0) is 11.5. The van der Waals surface area contributed by atoms with Gasteiger partial charge in [0.1, 0.15) is 5.82 Å². The number of nitrogens with two attached hydrogens (primary N) is 1. The van der Waals surface area contributed by atoms with E-state index in [1.807, 2.05) is 6.92 Å². The second-order valence-electron chi connectivity index (χ2n) is 4.22. The molecule has 1 aliphatic heterocycles. The normalized spacial score (nSPS) is 22.2. The van der Waals surface area contributed by atoms with Crippen molar-refractivity contribution < 1.29 is 9.13 Å². The maximum absolute atomic E-state index is 13.6. The van der Waals surface area contributed by atoms with Crippen LogP contribution < -0.4 is 5.73 Å². The third kappa shape index (κ3) is 2.51. The number of nitrogens with zero attached hydrogens (tertiary/aromatic N) is 1. The van der Waals surface area contributed by atoms with Crippen molar-refractivity contribution in [3.05, 3.63) is 29.6 Å². The summed E-state index contributed by atoms with van der Waals surface area (Å²) in [6.07, 6.45) is 0.210. The summed E-state index contributed by atoms with van der Waals surface area (Å²) in [5, 5.41) is 0. The zero-order valence-electron chi connectivity index (χ0n) is 9.45. The molecule has 1 unspecified atom stereocenters. The fourth-order valence-corrected chi connectivity index (χ4v) is 2.00. The lowest BCUT2D eigenvalue weighted by atomic mass is 10.1. The minimum Gasteiger partial charge on any atom is -0.398 e. The third-order valence-electron chi connectivity index (χ3n) is 2.86. The van der Waals surface area contributed by atoms with Gasteiger partial charge in [0.2, 0.25) is 0 Å². The fourth-order valence-electron chi connectivity index (χ4n) is 2.00. The molecule has 0 aliphatic carbocycles. The van der Waals surface area contributed by atoms with Crippen LogP contribution in [-0.2, 0) is 11.3 Å². The van der Waals surface area contributed by atoms with Crippen LogP contribution in [0.15, 0.2) is 18.2 Å². The van der Waals surface area contributed by atoms with Crippen LogP contribution in [-0.4, -0.2) is 30.7 Å². The van der Waals surface area contributed by atoms with Gasteiger partial charge in [-0.15, -0.1) is 0 Å². The molecule has 0 amide bonds. The monoisotopic (exact) mass is 224 g/mol. The first kappa shape index (κ1) is 11.4. The van der Waals surface area contributed by atoms with E-state index in [1.165, 1.54) is 6.07 Å². The zero-order valence-corrected chi connectivity index (χ0v) is 9.45. The maximum Gasteiger partial charge on any atom is 0.129 e. The van der Waals surface area contributed by atoms with Crippen molar-refractivity contribution in [2.24, 2.45) is 0 Å². The van der Waals surface area contributed by atoms with Gasteiger partial charge in [0.15, 0.2) is 0 Å². The van der Waals surface area contributed by atoms with E-state index in [0.29, 0.717) is 24.4 Å². The minimum atomic E-state index is -0.223. The van der Waals surface area contributed by atoms with Gasteiger partial charge in [-0.05, 0) is 19.1 Å². The fraction of sp³-hybridized carbons (Fsp3) is 0.500. The lowest BCUT2D eigenvalue weighted by Crippen LogP contribution is -2.40. The topological polar surface area (TPSA) is 38.5 Å². The molecule has 16 heavy (non-hydrogen) atoms. The summed E-state index contributed by atoms with van der Waals surface area (Å²) in [6.45, 7) is 4.95. The molecule has 2 rings (SSSR count). The Balaban J connectivity index is 2.08. The number of hydrogen-bond acceptors (Lipinski definition) is 3. The molecule has 4 heteroatoms. The quantitative estimate of drug-likeness (QED) is 0.776. The van der Waals surface area contributed by atoms with Crippen LogP contribution in [0.5, 0.6) is 0 Å². The van der Waals surface area contributed by atoms with Crippen LogP contribution in [0.2, 0.25) is 0 Å². The summed E-state index contributed by atoms with van der Waals surface area (Å²) in [4.78, 5) is 2.17. The molecule has 3 nitrogen and oxygen atoms in total. The van der Waals surface area contributed by atoms with Crippen molar-refractivity contribution in [1.29, 1.82) is 0 Å². The number of benzene rings is 1. The summed E-state index contributed by atoms with van der Waals surface area (Å²) >= 11 is 0. The van der Waals surface area contributed by atoms with Crippen molar-refractivity contribution in [1.82, 2.24) is 4.90 Å². The third-order valence-corrected chi connectivity index (χ3v) is 2.86. The number of nitrogen functional groups attached to an aromatic ring is 1. The van der Waals surface area contributed by atoms with Crippen molar-refractivity contribution in [2.75, 3.05) is 25.4 Å². The molecule has 1 fully saturated rings. The first-order chi connectivity index (χ1) is 7.66. The first-order valence-corrected chi connectivity index (χ1v) is 5.53. The van der Waals surface area contributed by atoms with E-state index >= 15 is 0 Å². The highest BCUT2D eigenvalue weighted by molar-refractivity contribution is 5.47. The van der Waals surface area contributed by atoms with Gasteiger partial charge in [0, 0.05) is 30.9 Å². The van der Waals surface area contributed by atoms with Gasteiger partial charge in [0.25, 0.3) is 0 Å². The number of halogens is 1. The number of morpholine rings is 1. The highest BCUT2D eigenvalue weighted by Gasteiger charge is 2.18. The lowest BCUT2D eigenvalue weighted by Gasteiger charge is -2.31. The van der Waals surface area contributed by atoms with Crippen LogP contribution in [0.4, 0.5) is 10.1 Å². The Morgan fingerprint density at radius 1 is 1.56 bits per heavy atom. The van der Waals surface area contributed by atoms with Crippen LogP contribution in [0.25, 0.3) is 0 Å². The standard InChI is InChI=1S/C12H17FN2O/c1-9-7-15(5-6-16-9)8-10-11(13)3-2-4-12(10)14/h2-4,9H,5-8,14H2,1H3. The van der Waals surface area contributed by atoms with Gasteiger partial charge < -0.3 is 10.5 Å². The number of hydrogen-bond donors (Lipinski definition) is 1. The van der Waals surface area contributed by atoms with Crippen LogP contribution in [0, 0.1) is 5.82 Å². The molecule has 1 atom stereocenters. The van der Waals surface area contributed by atoms with E-state index in [1.54, 1.807) is 12.1 Å². The molecule has 0 bridgehead atoms. The second-order valence-corrected chi connectivity index (χ2v) is 4.22. The maximum atomic E-state index is 13.6. The van der Waals surface area contributed by atoms with Gasteiger partial charge in [-0.25, -0.2) is 4.39 Å². The SMILES string of the molecule is CC1CN(Cc2c(N)cccc2F)CCO1. The summed E-state index contributed by atoms with van der Waals surface area (Å²) in [5.74, 6) is -0.223. The van der Waals surface area contributed by atoms with Crippen molar-refractivity contribution >= 4 is 5.69 Å². The van der Waals surface area contributed by atoms with Crippen molar-refractivity contribution in [3.8, 4) is 0 Å². The highest BCUT2D eigenvalue weighted by atomic mass is 19.1. The molecule has 1 saturated heterocycles. The molecule has 0 radical (unpaired) electrons. The van der Waals surface area contributed by atoms with E-state index < -0.39 is 0 Å². The molecule has 1 heterocycles. The lowest BCUT2D eigenvalue weighted by molar-refractivity contribution is -0.0214. The summed E-state index contributed by atoms with van der Waals surface area (Å²) in [7, 11) is 0. The molecular formula is C12H17FN2O. The van der Waals surface area contributed by atoms with Gasteiger partial charge in [-0.2, -0.15) is 0 Å². The van der Waals surface area contributed by atoms with E-state index in [9.17, 15) is 4.39 Å². The molecule has 88 valence electrons. The summed E-state index contributed by atoms with van der Waals surface area (Å²) in [6, 6.07) is 4.83. The van der Waals surface area contributed by atoms with E-state index in [2.05, 4.69) is 4.90 Å². The Hall–Kier alpha value is -1.13. The Kier molecular flexibility index (Phi) is 3.41. The molecule has 0 saturated carbocycles. The van der Waals surface area contributed by atoms with Gasteiger partial charge in [-0.1, -0.05) is 6.07 Å². The van der Waals surface area contributed by atoms with E-state index in [-0.39, 0.29) is 11.9 Å². The van der Waals surface area contributed by atoms with Crippen LogP contribution in [0.3, 0.4) is 0 Å². The smallest absolute Gasteiger partial charge is 0.129 e. The average molecular weight is 224 g/mol. The first-order valence-electron chi connectivity index (χ1n) is 5.53. The number of anilines is 1. The minimum absolute atomic E-state index is 0.210. The van der Waals surface area contributed by atoms with Crippen LogP contribution in [0.1, 0.15) is 12.5 Å². The molecule has 1 aliphatic rings. The second kappa shape index (κ2) is 4.80. The number of rotatable bonds is 2. The molecule has 0 spiro atoms. The van der Waals surface area contributed by atoms with E-state index in [4.69, 9.17) is 10.5 Å². The predicted molar refractivity (Wildman–Crippen MR) is 61.5 cm³/mol. The van der Waals surface area contributed by atoms with Gasteiger partial charge in [0.05, 0.1) is 12.7 Å². The molecule has 1 aromatic rings. The summed E-state index contributed by atoms with van der Waals surface area (Å²) in [5.41, 5.74) is 6.90. The van der Waals surface area contributed by atoms with E-state index in [0.717, 1.165) is 13.1 Å². The molecular weight excluding hydrogens is 207 g/mol. The highest BCUT2D eigenvalue weighted by Crippen LogP contribution is 2.19. The molecule has 1 aromatic carbocycles.